The Balaban J connectivity index is 1.56. The number of rotatable bonds is 5. The minimum Gasteiger partial charge on any atom is -0.357 e. The number of aromatic nitrogens is 2. The number of carbonyl (C=O) groups excluding carboxylic acids is 2. The molecule has 1 aliphatic rings. The van der Waals surface area contributed by atoms with Crippen LogP contribution in [0.5, 0.6) is 0 Å². The Labute approximate surface area is 144 Å². The van der Waals surface area contributed by atoms with Gasteiger partial charge in [0, 0.05) is 44.0 Å². The number of amides is 2. The second-order valence-electron chi connectivity index (χ2n) is 5.66. The summed E-state index contributed by atoms with van der Waals surface area (Å²) in [4.78, 5) is 35.8. The van der Waals surface area contributed by atoms with Gasteiger partial charge in [0.15, 0.2) is 5.13 Å². The van der Waals surface area contributed by atoms with Gasteiger partial charge in [-0.2, -0.15) is 0 Å². The van der Waals surface area contributed by atoms with E-state index in [2.05, 4.69) is 20.2 Å². The lowest BCUT2D eigenvalue weighted by Crippen LogP contribution is -2.54. The van der Waals surface area contributed by atoms with Crippen molar-refractivity contribution < 1.29 is 9.59 Å². The molecule has 0 spiro atoms. The summed E-state index contributed by atoms with van der Waals surface area (Å²) in [6, 6.07) is 3.40. The summed E-state index contributed by atoms with van der Waals surface area (Å²) in [5.41, 5.74) is 0.608. The Hall–Kier alpha value is -2.19. The van der Waals surface area contributed by atoms with Crippen LogP contribution in [0.15, 0.2) is 29.9 Å². The monoisotopic (exact) mass is 347 g/mol. The Bertz CT molecular complexity index is 663. The highest BCUT2D eigenvalue weighted by Crippen LogP contribution is 2.15. The number of hydrogen-bond acceptors (Lipinski definition) is 5. The van der Waals surface area contributed by atoms with E-state index >= 15 is 0 Å². The summed E-state index contributed by atoms with van der Waals surface area (Å²) < 4.78 is 0. The molecule has 24 heavy (non-hydrogen) atoms. The van der Waals surface area contributed by atoms with Crippen molar-refractivity contribution in [3.63, 3.8) is 0 Å². The Kier molecular flexibility index (Phi) is 5.27. The molecule has 8 heteroatoms. The van der Waals surface area contributed by atoms with Gasteiger partial charge >= 0.3 is 0 Å². The zero-order chi connectivity index (χ0) is 16.9. The summed E-state index contributed by atoms with van der Waals surface area (Å²) in [6.45, 7) is 4.63. The van der Waals surface area contributed by atoms with Gasteiger partial charge in [0.05, 0.1) is 6.04 Å². The van der Waals surface area contributed by atoms with Crippen LogP contribution in [0, 0.1) is 0 Å². The molecule has 0 saturated carbocycles. The van der Waals surface area contributed by atoms with Crippen molar-refractivity contribution in [2.75, 3.05) is 31.5 Å². The van der Waals surface area contributed by atoms with Gasteiger partial charge in [-0.1, -0.05) is 6.92 Å². The van der Waals surface area contributed by atoms with Crippen molar-refractivity contribution in [3.8, 4) is 0 Å². The van der Waals surface area contributed by atoms with Crippen LogP contribution in [0.4, 0.5) is 5.13 Å². The standard InChI is InChI=1S/C16H21N5O2S/c1-2-13(14(22)19-16-18-6-11-24-16)20-7-9-21(10-8-20)15(23)12-4-3-5-17-12/h3-6,11,13,17H,2,7-10H2,1H3,(H,18,19,22)/t13-/m0/s1. The molecule has 2 N–H and O–H groups in total. The minimum atomic E-state index is -0.198. The van der Waals surface area contributed by atoms with Crippen molar-refractivity contribution in [2.45, 2.75) is 19.4 Å². The third-order valence-electron chi connectivity index (χ3n) is 4.22. The number of carbonyl (C=O) groups is 2. The van der Waals surface area contributed by atoms with Crippen molar-refractivity contribution in [1.29, 1.82) is 0 Å². The number of anilines is 1. The van der Waals surface area contributed by atoms with E-state index in [1.165, 1.54) is 11.3 Å². The average Bonchev–Trinajstić information content (AvgIpc) is 3.29. The molecule has 2 amide bonds. The van der Waals surface area contributed by atoms with Crippen LogP contribution in [-0.4, -0.2) is 63.8 Å². The van der Waals surface area contributed by atoms with Crippen LogP contribution in [0.2, 0.25) is 0 Å². The largest absolute Gasteiger partial charge is 0.357 e. The second kappa shape index (κ2) is 7.59. The quantitative estimate of drug-likeness (QED) is 0.862. The van der Waals surface area contributed by atoms with E-state index in [0.717, 1.165) is 6.42 Å². The number of nitrogens with one attached hydrogen (secondary N) is 2. The molecule has 1 aliphatic heterocycles. The first-order valence-electron chi connectivity index (χ1n) is 8.06. The van der Waals surface area contributed by atoms with E-state index in [0.29, 0.717) is 37.0 Å². The molecule has 1 saturated heterocycles. The van der Waals surface area contributed by atoms with Crippen molar-refractivity contribution in [2.24, 2.45) is 0 Å². The Morgan fingerprint density at radius 1 is 1.38 bits per heavy atom. The fourth-order valence-corrected chi connectivity index (χ4v) is 3.49. The molecular weight excluding hydrogens is 326 g/mol. The molecule has 3 heterocycles. The first-order chi connectivity index (χ1) is 11.7. The molecule has 0 unspecified atom stereocenters. The SMILES string of the molecule is CC[C@@H](C(=O)Nc1nccs1)N1CCN(C(=O)c2ccc[nH]2)CC1. The van der Waals surface area contributed by atoms with Crippen molar-refractivity contribution in [1.82, 2.24) is 19.8 Å². The summed E-state index contributed by atoms with van der Waals surface area (Å²) >= 11 is 1.41. The van der Waals surface area contributed by atoms with Crippen LogP contribution in [-0.2, 0) is 4.79 Å². The smallest absolute Gasteiger partial charge is 0.270 e. The summed E-state index contributed by atoms with van der Waals surface area (Å²) in [6.07, 6.45) is 4.15. The lowest BCUT2D eigenvalue weighted by atomic mass is 10.1. The highest BCUT2D eigenvalue weighted by molar-refractivity contribution is 7.13. The lowest BCUT2D eigenvalue weighted by molar-refractivity contribution is -0.122. The molecule has 0 aliphatic carbocycles. The fourth-order valence-electron chi connectivity index (χ4n) is 2.95. The maximum atomic E-state index is 12.5. The van der Waals surface area contributed by atoms with E-state index in [1.807, 2.05) is 23.3 Å². The van der Waals surface area contributed by atoms with Crippen LogP contribution < -0.4 is 5.32 Å². The van der Waals surface area contributed by atoms with Crippen molar-refractivity contribution >= 4 is 28.3 Å². The van der Waals surface area contributed by atoms with Crippen molar-refractivity contribution in [3.05, 3.63) is 35.6 Å². The molecule has 0 radical (unpaired) electrons. The van der Waals surface area contributed by atoms with Gasteiger partial charge < -0.3 is 15.2 Å². The maximum absolute atomic E-state index is 12.5. The molecule has 1 atom stereocenters. The van der Waals surface area contributed by atoms with Crippen LogP contribution in [0.3, 0.4) is 0 Å². The van der Waals surface area contributed by atoms with E-state index in [4.69, 9.17) is 0 Å². The highest BCUT2D eigenvalue weighted by atomic mass is 32.1. The van der Waals surface area contributed by atoms with E-state index < -0.39 is 0 Å². The Morgan fingerprint density at radius 2 is 2.17 bits per heavy atom. The number of hydrogen-bond donors (Lipinski definition) is 2. The zero-order valence-corrected chi connectivity index (χ0v) is 14.4. The van der Waals surface area contributed by atoms with Crippen LogP contribution in [0.1, 0.15) is 23.8 Å². The molecule has 0 aromatic carbocycles. The van der Waals surface area contributed by atoms with Crippen LogP contribution in [0.25, 0.3) is 0 Å². The topological polar surface area (TPSA) is 81.3 Å². The molecule has 1 fully saturated rings. The molecule has 2 aromatic heterocycles. The first kappa shape index (κ1) is 16.7. The fraction of sp³-hybridized carbons (Fsp3) is 0.438. The third-order valence-corrected chi connectivity index (χ3v) is 4.91. The number of H-pyrrole nitrogens is 1. The number of thiazole rings is 1. The molecule has 7 nitrogen and oxygen atoms in total. The number of piperazine rings is 1. The maximum Gasteiger partial charge on any atom is 0.270 e. The van der Waals surface area contributed by atoms with E-state index in [-0.39, 0.29) is 17.9 Å². The summed E-state index contributed by atoms with van der Waals surface area (Å²) in [5, 5.41) is 5.33. The summed E-state index contributed by atoms with van der Waals surface area (Å²) in [5.74, 6) is -0.0171. The number of nitrogens with zero attached hydrogens (tertiary/aromatic N) is 3. The second-order valence-corrected chi connectivity index (χ2v) is 6.56. The number of aromatic amines is 1. The van der Waals surface area contributed by atoms with E-state index in [9.17, 15) is 9.59 Å². The van der Waals surface area contributed by atoms with Gasteiger partial charge in [0.25, 0.3) is 5.91 Å². The predicted molar refractivity (Wildman–Crippen MR) is 93.1 cm³/mol. The average molecular weight is 347 g/mol. The third kappa shape index (κ3) is 3.65. The normalized spacial score (nSPS) is 16.8. The van der Waals surface area contributed by atoms with Gasteiger partial charge in [-0.05, 0) is 18.6 Å². The van der Waals surface area contributed by atoms with Gasteiger partial charge in [-0.3, -0.25) is 14.5 Å². The van der Waals surface area contributed by atoms with E-state index in [1.54, 1.807) is 18.5 Å². The molecule has 0 bridgehead atoms. The van der Waals surface area contributed by atoms with Gasteiger partial charge in [-0.25, -0.2) is 4.98 Å². The highest BCUT2D eigenvalue weighted by Gasteiger charge is 2.30. The minimum absolute atomic E-state index is 0.0138. The van der Waals surface area contributed by atoms with Gasteiger partial charge in [0.2, 0.25) is 5.91 Å². The summed E-state index contributed by atoms with van der Waals surface area (Å²) in [7, 11) is 0. The molecule has 2 aromatic rings. The first-order valence-corrected chi connectivity index (χ1v) is 8.94. The Morgan fingerprint density at radius 3 is 2.75 bits per heavy atom. The molecule has 3 rings (SSSR count). The molecular formula is C16H21N5O2S. The van der Waals surface area contributed by atoms with Gasteiger partial charge in [0.1, 0.15) is 5.69 Å². The predicted octanol–water partition coefficient (Wildman–Crippen LogP) is 1.65. The van der Waals surface area contributed by atoms with Gasteiger partial charge in [-0.15, -0.1) is 11.3 Å². The van der Waals surface area contributed by atoms with Crippen LogP contribution >= 0.6 is 11.3 Å². The molecule has 128 valence electrons. The zero-order valence-electron chi connectivity index (χ0n) is 13.6. The lowest BCUT2D eigenvalue weighted by Gasteiger charge is -2.38.